The van der Waals surface area contributed by atoms with Crippen molar-refractivity contribution in [3.05, 3.63) is 58.9 Å². The van der Waals surface area contributed by atoms with Crippen molar-refractivity contribution in [2.45, 2.75) is 39.0 Å². The number of aromatic nitrogens is 2. The molecule has 0 aliphatic carbocycles. The first kappa shape index (κ1) is 15.1. The molecule has 0 fully saturated rings. The Kier molecular flexibility index (Phi) is 4.64. The molecule has 2 heterocycles. The molecule has 0 bridgehead atoms. The molecular formula is C17H18FN3. The fourth-order valence-electron chi connectivity index (χ4n) is 2.20. The second-order valence-corrected chi connectivity index (χ2v) is 5.51. The maximum Gasteiger partial charge on any atom is 0.144 e. The fraction of sp³-hybridized carbons (Fsp3) is 0.353. The molecule has 4 heteroatoms. The van der Waals surface area contributed by atoms with Crippen LogP contribution in [0.3, 0.4) is 0 Å². The van der Waals surface area contributed by atoms with Crippen LogP contribution in [0, 0.1) is 17.1 Å². The number of halogens is 1. The van der Waals surface area contributed by atoms with Crippen LogP contribution in [0.1, 0.15) is 55.3 Å². The summed E-state index contributed by atoms with van der Waals surface area (Å²) in [5.41, 5.74) is 2.82. The van der Waals surface area contributed by atoms with E-state index in [4.69, 9.17) is 5.26 Å². The quantitative estimate of drug-likeness (QED) is 0.853. The number of nitriles is 1. The van der Waals surface area contributed by atoms with E-state index >= 15 is 0 Å². The van der Waals surface area contributed by atoms with Gasteiger partial charge in [0, 0.05) is 23.5 Å². The fourth-order valence-corrected chi connectivity index (χ4v) is 2.20. The molecule has 0 aliphatic rings. The van der Waals surface area contributed by atoms with Crippen LogP contribution in [0.4, 0.5) is 4.39 Å². The molecule has 2 aromatic rings. The average Bonchev–Trinajstić information content (AvgIpc) is 2.49. The van der Waals surface area contributed by atoms with Crippen molar-refractivity contribution in [1.29, 1.82) is 5.26 Å². The third-order valence-electron chi connectivity index (χ3n) is 3.41. The standard InChI is InChI=1S/C17H18FN3/c1-11(2)17-15(18)6-5-14(21-17)8-12(3)16-7-4-13(9-19)10-20-16/h4-7,10-12H,8H2,1-3H3. The lowest BCUT2D eigenvalue weighted by Crippen LogP contribution is -2.06. The third kappa shape index (κ3) is 3.63. The Labute approximate surface area is 124 Å². The number of pyridine rings is 2. The van der Waals surface area contributed by atoms with Crippen LogP contribution in [-0.2, 0) is 6.42 Å². The predicted molar refractivity (Wildman–Crippen MR) is 79.4 cm³/mol. The lowest BCUT2D eigenvalue weighted by molar-refractivity contribution is 0.578. The summed E-state index contributed by atoms with van der Waals surface area (Å²) in [4.78, 5) is 8.71. The van der Waals surface area contributed by atoms with E-state index in [0.29, 0.717) is 17.7 Å². The van der Waals surface area contributed by atoms with Crippen LogP contribution in [0.5, 0.6) is 0 Å². The van der Waals surface area contributed by atoms with Gasteiger partial charge in [-0.2, -0.15) is 5.26 Å². The summed E-state index contributed by atoms with van der Waals surface area (Å²) in [5.74, 6) is -0.0260. The van der Waals surface area contributed by atoms with Gasteiger partial charge in [0.05, 0.1) is 11.3 Å². The smallest absolute Gasteiger partial charge is 0.144 e. The molecule has 0 amide bonds. The zero-order valence-corrected chi connectivity index (χ0v) is 12.5. The van der Waals surface area contributed by atoms with Crippen LogP contribution >= 0.6 is 0 Å². The second kappa shape index (κ2) is 6.45. The minimum atomic E-state index is -0.252. The summed E-state index contributed by atoms with van der Waals surface area (Å²) in [5, 5.41) is 8.78. The molecule has 21 heavy (non-hydrogen) atoms. The van der Waals surface area contributed by atoms with Crippen molar-refractivity contribution < 1.29 is 4.39 Å². The SMILES string of the molecule is CC(C)c1nc(CC(C)c2ccc(C#N)cn2)ccc1F. The van der Waals surface area contributed by atoms with E-state index in [1.54, 1.807) is 18.3 Å². The molecule has 0 aromatic carbocycles. The Balaban J connectivity index is 2.17. The van der Waals surface area contributed by atoms with Gasteiger partial charge in [0.25, 0.3) is 0 Å². The lowest BCUT2D eigenvalue weighted by atomic mass is 9.99. The molecule has 0 spiro atoms. The van der Waals surface area contributed by atoms with E-state index < -0.39 is 0 Å². The van der Waals surface area contributed by atoms with Gasteiger partial charge in [0.15, 0.2) is 0 Å². The molecule has 3 nitrogen and oxygen atoms in total. The normalized spacial score (nSPS) is 12.2. The Morgan fingerprint density at radius 3 is 2.52 bits per heavy atom. The van der Waals surface area contributed by atoms with Crippen molar-refractivity contribution in [3.63, 3.8) is 0 Å². The molecule has 108 valence electrons. The number of hydrogen-bond acceptors (Lipinski definition) is 3. The van der Waals surface area contributed by atoms with Gasteiger partial charge >= 0.3 is 0 Å². The summed E-state index contributed by atoms with van der Waals surface area (Å²) < 4.78 is 13.7. The van der Waals surface area contributed by atoms with Gasteiger partial charge < -0.3 is 0 Å². The molecule has 1 unspecified atom stereocenters. The zero-order valence-electron chi connectivity index (χ0n) is 12.5. The number of rotatable bonds is 4. The molecule has 0 radical (unpaired) electrons. The monoisotopic (exact) mass is 283 g/mol. The van der Waals surface area contributed by atoms with Crippen LogP contribution < -0.4 is 0 Å². The van der Waals surface area contributed by atoms with Crippen molar-refractivity contribution in [3.8, 4) is 6.07 Å². The lowest BCUT2D eigenvalue weighted by Gasteiger charge is -2.13. The Bertz CT molecular complexity index is 657. The van der Waals surface area contributed by atoms with E-state index in [1.165, 1.54) is 6.07 Å². The molecular weight excluding hydrogens is 265 g/mol. The highest BCUT2D eigenvalue weighted by Gasteiger charge is 2.13. The van der Waals surface area contributed by atoms with E-state index in [2.05, 4.69) is 23.0 Å². The summed E-state index contributed by atoms with van der Waals surface area (Å²) in [7, 11) is 0. The highest BCUT2D eigenvalue weighted by molar-refractivity contribution is 5.28. The first-order valence-corrected chi connectivity index (χ1v) is 7.02. The minimum Gasteiger partial charge on any atom is -0.260 e. The average molecular weight is 283 g/mol. The van der Waals surface area contributed by atoms with E-state index in [9.17, 15) is 4.39 Å². The van der Waals surface area contributed by atoms with Crippen LogP contribution in [-0.4, -0.2) is 9.97 Å². The first-order chi connectivity index (χ1) is 10.0. The molecule has 2 aromatic heterocycles. The Morgan fingerprint density at radius 2 is 1.95 bits per heavy atom. The summed E-state index contributed by atoms with van der Waals surface area (Å²) in [6, 6.07) is 8.88. The van der Waals surface area contributed by atoms with Crippen molar-refractivity contribution >= 4 is 0 Å². The van der Waals surface area contributed by atoms with Crippen LogP contribution in [0.2, 0.25) is 0 Å². The van der Waals surface area contributed by atoms with Gasteiger partial charge in [-0.15, -0.1) is 0 Å². The van der Waals surface area contributed by atoms with Crippen molar-refractivity contribution in [2.24, 2.45) is 0 Å². The maximum atomic E-state index is 13.7. The zero-order chi connectivity index (χ0) is 15.4. The van der Waals surface area contributed by atoms with Gasteiger partial charge in [-0.25, -0.2) is 4.39 Å². The van der Waals surface area contributed by atoms with Gasteiger partial charge in [0.1, 0.15) is 11.9 Å². The van der Waals surface area contributed by atoms with Gasteiger partial charge in [0.2, 0.25) is 0 Å². The highest BCUT2D eigenvalue weighted by atomic mass is 19.1. The minimum absolute atomic E-state index is 0.0632. The summed E-state index contributed by atoms with van der Waals surface area (Å²) in [6.45, 7) is 5.91. The van der Waals surface area contributed by atoms with Gasteiger partial charge in [-0.1, -0.05) is 20.8 Å². The van der Waals surface area contributed by atoms with E-state index in [1.807, 2.05) is 19.9 Å². The maximum absolute atomic E-state index is 13.7. The van der Waals surface area contributed by atoms with E-state index in [-0.39, 0.29) is 17.7 Å². The summed E-state index contributed by atoms with van der Waals surface area (Å²) in [6.07, 6.45) is 2.27. The molecule has 0 N–H and O–H groups in total. The van der Waals surface area contributed by atoms with Crippen LogP contribution in [0.25, 0.3) is 0 Å². The largest absolute Gasteiger partial charge is 0.260 e. The third-order valence-corrected chi connectivity index (χ3v) is 3.41. The van der Waals surface area contributed by atoms with Gasteiger partial charge in [-0.3, -0.25) is 9.97 Å². The number of hydrogen-bond donors (Lipinski definition) is 0. The Morgan fingerprint density at radius 1 is 1.19 bits per heavy atom. The first-order valence-electron chi connectivity index (χ1n) is 7.02. The molecule has 2 rings (SSSR count). The van der Waals surface area contributed by atoms with Crippen molar-refractivity contribution in [2.75, 3.05) is 0 Å². The molecule has 0 saturated heterocycles. The predicted octanol–water partition coefficient (Wildman–Crippen LogP) is 3.96. The molecule has 0 saturated carbocycles. The number of nitrogens with zero attached hydrogens (tertiary/aromatic N) is 3. The molecule has 1 atom stereocenters. The van der Waals surface area contributed by atoms with E-state index in [0.717, 1.165) is 11.4 Å². The highest BCUT2D eigenvalue weighted by Crippen LogP contribution is 2.21. The Hall–Kier alpha value is -2.28. The second-order valence-electron chi connectivity index (χ2n) is 5.51. The topological polar surface area (TPSA) is 49.6 Å². The summed E-state index contributed by atoms with van der Waals surface area (Å²) >= 11 is 0. The van der Waals surface area contributed by atoms with Gasteiger partial charge in [-0.05, 0) is 36.6 Å². The van der Waals surface area contributed by atoms with Crippen molar-refractivity contribution in [1.82, 2.24) is 9.97 Å². The molecule has 0 aliphatic heterocycles. The van der Waals surface area contributed by atoms with Crippen LogP contribution in [0.15, 0.2) is 30.5 Å².